The molecule has 1 N–H and O–H groups in total. The lowest BCUT2D eigenvalue weighted by atomic mass is 10.1. The molecule has 2 aromatic carbocycles. The number of anilines is 1. The van der Waals surface area contributed by atoms with Gasteiger partial charge < -0.3 is 5.32 Å². The molecule has 0 bridgehead atoms. The molecule has 0 amide bonds. The van der Waals surface area contributed by atoms with Crippen molar-refractivity contribution in [2.45, 2.75) is 19.4 Å². The van der Waals surface area contributed by atoms with Gasteiger partial charge in [-0.15, -0.1) is 0 Å². The fourth-order valence-corrected chi connectivity index (χ4v) is 2.75. The minimum Gasteiger partial charge on any atom is -0.381 e. The second-order valence-electron chi connectivity index (χ2n) is 4.50. The number of halogens is 3. The quantitative estimate of drug-likeness (QED) is 0.669. The fraction of sp³-hybridized carbons (Fsp3) is 0.200. The van der Waals surface area contributed by atoms with Crippen LogP contribution in [0.4, 0.5) is 5.69 Å². The van der Waals surface area contributed by atoms with Gasteiger partial charge in [0.15, 0.2) is 0 Å². The van der Waals surface area contributed by atoms with Crippen LogP contribution in [0, 0.1) is 0 Å². The third-order valence-electron chi connectivity index (χ3n) is 2.79. The Kier molecular flexibility index (Phi) is 5.31. The van der Waals surface area contributed by atoms with Crippen molar-refractivity contribution in [3.63, 3.8) is 0 Å². The highest BCUT2D eigenvalue weighted by atomic mass is 79.9. The van der Waals surface area contributed by atoms with E-state index in [2.05, 4.69) is 62.3 Å². The van der Waals surface area contributed by atoms with Gasteiger partial charge in [-0.2, -0.15) is 0 Å². The molecule has 0 heterocycles. The lowest BCUT2D eigenvalue weighted by molar-refractivity contribution is 0.789. The Morgan fingerprint density at radius 1 is 1.11 bits per heavy atom. The molecular weight excluding hydrogens is 389 g/mol. The molecule has 2 aromatic rings. The Morgan fingerprint density at radius 3 is 2.47 bits per heavy atom. The number of hydrogen-bond acceptors (Lipinski definition) is 1. The first-order chi connectivity index (χ1) is 9.04. The van der Waals surface area contributed by atoms with Crippen molar-refractivity contribution in [3.8, 4) is 0 Å². The van der Waals surface area contributed by atoms with E-state index in [0.29, 0.717) is 6.04 Å². The largest absolute Gasteiger partial charge is 0.381 e. The van der Waals surface area contributed by atoms with Gasteiger partial charge in [0.25, 0.3) is 0 Å². The predicted octanol–water partition coefficient (Wildman–Crippen LogP) is 5.91. The summed E-state index contributed by atoms with van der Waals surface area (Å²) in [6.07, 6.45) is 0.954. The lowest BCUT2D eigenvalue weighted by Gasteiger charge is -2.17. The summed E-state index contributed by atoms with van der Waals surface area (Å²) in [4.78, 5) is 0. The first kappa shape index (κ1) is 14.9. The number of hydrogen-bond donors (Lipinski definition) is 1. The second-order valence-corrected chi connectivity index (χ2v) is 6.71. The number of nitrogens with one attached hydrogen (secondary N) is 1. The zero-order chi connectivity index (χ0) is 13.8. The van der Waals surface area contributed by atoms with E-state index in [4.69, 9.17) is 11.6 Å². The van der Waals surface area contributed by atoms with Crippen molar-refractivity contribution < 1.29 is 0 Å². The van der Waals surface area contributed by atoms with E-state index >= 15 is 0 Å². The summed E-state index contributed by atoms with van der Waals surface area (Å²) in [6, 6.07) is 14.4. The van der Waals surface area contributed by atoms with Crippen LogP contribution in [0.5, 0.6) is 0 Å². The summed E-state index contributed by atoms with van der Waals surface area (Å²) in [7, 11) is 0. The maximum atomic E-state index is 5.89. The summed E-state index contributed by atoms with van der Waals surface area (Å²) in [5.41, 5.74) is 2.37. The molecule has 0 radical (unpaired) electrons. The highest BCUT2D eigenvalue weighted by molar-refractivity contribution is 9.11. The Balaban J connectivity index is 2.02. The highest BCUT2D eigenvalue weighted by Crippen LogP contribution is 2.27. The van der Waals surface area contributed by atoms with Gasteiger partial charge in [-0.05, 0) is 65.2 Å². The minimum atomic E-state index is 0.340. The van der Waals surface area contributed by atoms with Crippen LogP contribution in [0.3, 0.4) is 0 Å². The van der Waals surface area contributed by atoms with Crippen molar-refractivity contribution in [1.82, 2.24) is 0 Å². The molecule has 1 atom stereocenters. The van der Waals surface area contributed by atoms with Crippen molar-refractivity contribution >= 4 is 49.1 Å². The van der Waals surface area contributed by atoms with Crippen LogP contribution in [-0.2, 0) is 6.42 Å². The van der Waals surface area contributed by atoms with Gasteiger partial charge in [-0.1, -0.05) is 39.7 Å². The van der Waals surface area contributed by atoms with E-state index in [1.165, 1.54) is 5.56 Å². The molecule has 0 aliphatic rings. The second kappa shape index (κ2) is 6.78. The third kappa shape index (κ3) is 4.51. The first-order valence-corrected chi connectivity index (χ1v) is 7.97. The van der Waals surface area contributed by atoms with Crippen molar-refractivity contribution in [1.29, 1.82) is 0 Å². The molecular formula is C15H14Br2ClN. The maximum absolute atomic E-state index is 5.89. The van der Waals surface area contributed by atoms with Crippen LogP contribution in [0.1, 0.15) is 12.5 Å². The van der Waals surface area contributed by atoms with Gasteiger partial charge in [-0.25, -0.2) is 0 Å². The lowest BCUT2D eigenvalue weighted by Crippen LogP contribution is -2.18. The van der Waals surface area contributed by atoms with E-state index in [-0.39, 0.29) is 0 Å². The summed E-state index contributed by atoms with van der Waals surface area (Å²) in [5.74, 6) is 0. The van der Waals surface area contributed by atoms with Crippen LogP contribution in [0.25, 0.3) is 0 Å². The van der Waals surface area contributed by atoms with Gasteiger partial charge in [-0.3, -0.25) is 0 Å². The Labute approximate surface area is 135 Å². The van der Waals surface area contributed by atoms with Gasteiger partial charge in [0, 0.05) is 25.7 Å². The SMILES string of the molecule is CC(Cc1ccc(Cl)cc1)Nc1cc(Br)ccc1Br. The van der Waals surface area contributed by atoms with Gasteiger partial charge in [0.05, 0.1) is 0 Å². The van der Waals surface area contributed by atoms with Crippen LogP contribution in [0.2, 0.25) is 5.02 Å². The standard InChI is InChI=1S/C15H14Br2ClN/c1-10(8-11-2-5-13(18)6-3-11)19-15-9-12(16)4-7-14(15)17/h2-7,9-10,19H,8H2,1H3. The summed E-state index contributed by atoms with van der Waals surface area (Å²) < 4.78 is 2.13. The molecule has 0 aliphatic carbocycles. The third-order valence-corrected chi connectivity index (χ3v) is 4.22. The number of benzene rings is 2. The zero-order valence-corrected chi connectivity index (χ0v) is 14.4. The van der Waals surface area contributed by atoms with Gasteiger partial charge in [0.1, 0.15) is 0 Å². The predicted molar refractivity (Wildman–Crippen MR) is 90.1 cm³/mol. The molecule has 0 fully saturated rings. The molecule has 1 unspecified atom stereocenters. The average molecular weight is 404 g/mol. The molecule has 0 saturated heterocycles. The van der Waals surface area contributed by atoms with E-state index < -0.39 is 0 Å². The zero-order valence-electron chi connectivity index (χ0n) is 10.5. The highest BCUT2D eigenvalue weighted by Gasteiger charge is 2.07. The van der Waals surface area contributed by atoms with Crippen LogP contribution < -0.4 is 5.32 Å². The summed E-state index contributed by atoms with van der Waals surface area (Å²) >= 11 is 12.9. The molecule has 1 nitrogen and oxygen atoms in total. The Hall–Kier alpha value is -0.510. The summed E-state index contributed by atoms with van der Waals surface area (Å²) in [5, 5.41) is 4.28. The summed E-state index contributed by atoms with van der Waals surface area (Å²) in [6.45, 7) is 2.17. The fourth-order valence-electron chi connectivity index (χ4n) is 1.90. The van der Waals surface area contributed by atoms with Crippen LogP contribution >= 0.6 is 43.5 Å². The molecule has 100 valence electrons. The first-order valence-electron chi connectivity index (χ1n) is 6.00. The van der Waals surface area contributed by atoms with Crippen molar-refractivity contribution in [3.05, 3.63) is 62.0 Å². The van der Waals surface area contributed by atoms with E-state index in [1.54, 1.807) is 0 Å². The molecule has 19 heavy (non-hydrogen) atoms. The van der Waals surface area contributed by atoms with Crippen LogP contribution in [-0.4, -0.2) is 6.04 Å². The van der Waals surface area contributed by atoms with Gasteiger partial charge in [0.2, 0.25) is 0 Å². The van der Waals surface area contributed by atoms with E-state index in [1.807, 2.05) is 24.3 Å². The van der Waals surface area contributed by atoms with E-state index in [9.17, 15) is 0 Å². The van der Waals surface area contributed by atoms with Gasteiger partial charge >= 0.3 is 0 Å². The monoisotopic (exact) mass is 401 g/mol. The molecule has 0 saturated carbocycles. The molecule has 0 aromatic heterocycles. The molecule has 0 spiro atoms. The van der Waals surface area contributed by atoms with Crippen molar-refractivity contribution in [2.75, 3.05) is 5.32 Å². The topological polar surface area (TPSA) is 12.0 Å². The van der Waals surface area contributed by atoms with E-state index in [0.717, 1.165) is 26.1 Å². The molecule has 4 heteroatoms. The Bertz CT molecular complexity index is 555. The van der Waals surface area contributed by atoms with Crippen LogP contribution in [0.15, 0.2) is 51.4 Å². The minimum absolute atomic E-state index is 0.340. The smallest absolute Gasteiger partial charge is 0.0498 e. The normalized spacial score (nSPS) is 12.2. The number of rotatable bonds is 4. The average Bonchev–Trinajstić information content (AvgIpc) is 2.37. The Morgan fingerprint density at radius 2 is 1.79 bits per heavy atom. The maximum Gasteiger partial charge on any atom is 0.0498 e. The molecule has 2 rings (SSSR count). The van der Waals surface area contributed by atoms with Crippen molar-refractivity contribution in [2.24, 2.45) is 0 Å². The molecule has 0 aliphatic heterocycles.